The first-order chi connectivity index (χ1) is 5.29. The highest BCUT2D eigenvalue weighted by atomic mass is 16.1. The predicted molar refractivity (Wildman–Crippen MR) is 40.7 cm³/mol. The van der Waals surface area contributed by atoms with Crippen LogP contribution in [0, 0.1) is 0 Å². The molecule has 0 aliphatic rings. The summed E-state index contributed by atoms with van der Waals surface area (Å²) in [6.45, 7) is 0. The van der Waals surface area contributed by atoms with E-state index in [0.29, 0.717) is 6.42 Å². The quantitative estimate of drug-likeness (QED) is 0.649. The number of aryl methyl sites for hydroxylation is 1. The molecular formula is C7H11N3O. The largest absolute Gasteiger partial charge is 0.370 e. The molecule has 1 heterocycles. The van der Waals surface area contributed by atoms with Crippen molar-refractivity contribution in [2.45, 2.75) is 19.3 Å². The molecule has 1 aromatic rings. The van der Waals surface area contributed by atoms with Crippen LogP contribution in [0.25, 0.3) is 0 Å². The number of amides is 1. The van der Waals surface area contributed by atoms with Crippen molar-refractivity contribution >= 4 is 5.91 Å². The van der Waals surface area contributed by atoms with Crippen LogP contribution in [-0.2, 0) is 11.2 Å². The Balaban J connectivity index is 2.19. The van der Waals surface area contributed by atoms with Crippen LogP contribution in [-0.4, -0.2) is 15.9 Å². The van der Waals surface area contributed by atoms with E-state index >= 15 is 0 Å². The van der Waals surface area contributed by atoms with Gasteiger partial charge < -0.3 is 10.7 Å². The van der Waals surface area contributed by atoms with Gasteiger partial charge in [0.2, 0.25) is 5.91 Å². The highest BCUT2D eigenvalue weighted by Crippen LogP contribution is 1.97. The number of imidazole rings is 1. The fraction of sp³-hybridized carbons (Fsp3) is 0.429. The summed E-state index contributed by atoms with van der Waals surface area (Å²) in [4.78, 5) is 17.3. The molecule has 0 spiro atoms. The monoisotopic (exact) mass is 153 g/mol. The second kappa shape index (κ2) is 3.75. The Labute approximate surface area is 64.8 Å². The Bertz CT molecular complexity index is 218. The average Bonchev–Trinajstić information content (AvgIpc) is 2.39. The lowest BCUT2D eigenvalue weighted by atomic mass is 10.2. The van der Waals surface area contributed by atoms with Gasteiger partial charge in [-0.2, -0.15) is 0 Å². The minimum absolute atomic E-state index is 0.253. The van der Waals surface area contributed by atoms with Crippen molar-refractivity contribution in [3.8, 4) is 0 Å². The Morgan fingerprint density at radius 3 is 3.09 bits per heavy atom. The molecule has 0 aliphatic heterocycles. The second-order valence-corrected chi connectivity index (χ2v) is 2.36. The van der Waals surface area contributed by atoms with Crippen molar-refractivity contribution in [1.29, 1.82) is 0 Å². The van der Waals surface area contributed by atoms with Gasteiger partial charge in [-0.1, -0.05) is 0 Å². The first-order valence-electron chi connectivity index (χ1n) is 3.55. The van der Waals surface area contributed by atoms with Crippen molar-refractivity contribution in [2.75, 3.05) is 0 Å². The molecule has 4 heteroatoms. The number of carbonyl (C=O) groups is 1. The normalized spacial score (nSPS) is 9.82. The summed E-state index contributed by atoms with van der Waals surface area (Å²) in [7, 11) is 0. The molecule has 11 heavy (non-hydrogen) atoms. The minimum atomic E-state index is -0.253. The number of aromatic nitrogens is 2. The van der Waals surface area contributed by atoms with E-state index in [1.807, 2.05) is 0 Å². The van der Waals surface area contributed by atoms with E-state index in [-0.39, 0.29) is 5.91 Å². The topological polar surface area (TPSA) is 71.8 Å². The lowest BCUT2D eigenvalue weighted by molar-refractivity contribution is -0.118. The fourth-order valence-corrected chi connectivity index (χ4v) is 0.865. The van der Waals surface area contributed by atoms with Crippen LogP contribution in [0.3, 0.4) is 0 Å². The maximum Gasteiger partial charge on any atom is 0.217 e. The maximum absolute atomic E-state index is 10.3. The molecule has 1 aromatic heterocycles. The van der Waals surface area contributed by atoms with Crippen molar-refractivity contribution in [3.63, 3.8) is 0 Å². The lowest BCUT2D eigenvalue weighted by Crippen LogP contribution is -2.10. The number of H-pyrrole nitrogens is 1. The zero-order valence-electron chi connectivity index (χ0n) is 6.21. The van der Waals surface area contributed by atoms with Crippen LogP contribution in [0.1, 0.15) is 18.7 Å². The third kappa shape index (κ3) is 2.84. The SMILES string of the molecule is NC(=O)CCCc1ncc[nH]1. The second-order valence-electron chi connectivity index (χ2n) is 2.36. The molecule has 60 valence electrons. The van der Waals surface area contributed by atoms with E-state index in [4.69, 9.17) is 5.73 Å². The fourth-order valence-electron chi connectivity index (χ4n) is 0.865. The Morgan fingerprint density at radius 1 is 1.73 bits per heavy atom. The molecule has 1 rings (SSSR count). The Hall–Kier alpha value is -1.32. The molecule has 4 nitrogen and oxygen atoms in total. The summed E-state index contributed by atoms with van der Waals surface area (Å²) in [6, 6.07) is 0. The summed E-state index contributed by atoms with van der Waals surface area (Å²) in [5.41, 5.74) is 4.96. The van der Waals surface area contributed by atoms with E-state index in [2.05, 4.69) is 9.97 Å². The third-order valence-corrected chi connectivity index (χ3v) is 1.39. The number of hydrogen-bond acceptors (Lipinski definition) is 2. The zero-order chi connectivity index (χ0) is 8.10. The van der Waals surface area contributed by atoms with Gasteiger partial charge in [0.1, 0.15) is 5.82 Å². The molecule has 0 saturated heterocycles. The smallest absolute Gasteiger partial charge is 0.217 e. The molecule has 0 bridgehead atoms. The van der Waals surface area contributed by atoms with Crippen molar-refractivity contribution in [2.24, 2.45) is 5.73 Å². The minimum Gasteiger partial charge on any atom is -0.370 e. The van der Waals surface area contributed by atoms with Crippen LogP contribution in [0.4, 0.5) is 0 Å². The molecule has 1 amide bonds. The molecule has 0 atom stereocenters. The number of nitrogens with zero attached hydrogens (tertiary/aromatic N) is 1. The molecule has 0 aromatic carbocycles. The Morgan fingerprint density at radius 2 is 2.55 bits per heavy atom. The Kier molecular flexibility index (Phi) is 2.66. The summed E-state index contributed by atoms with van der Waals surface area (Å²) < 4.78 is 0. The van der Waals surface area contributed by atoms with Gasteiger partial charge in [-0.15, -0.1) is 0 Å². The van der Waals surface area contributed by atoms with Gasteiger partial charge in [-0.05, 0) is 6.42 Å². The van der Waals surface area contributed by atoms with Gasteiger partial charge in [0.25, 0.3) is 0 Å². The van der Waals surface area contributed by atoms with Crippen molar-refractivity contribution in [3.05, 3.63) is 18.2 Å². The number of rotatable bonds is 4. The summed E-state index contributed by atoms with van der Waals surface area (Å²) in [6.07, 6.45) is 5.44. The van der Waals surface area contributed by atoms with Crippen LogP contribution in [0.15, 0.2) is 12.4 Å². The molecule has 0 saturated carbocycles. The van der Waals surface area contributed by atoms with Gasteiger partial charge in [-0.3, -0.25) is 4.79 Å². The molecule has 0 aliphatic carbocycles. The lowest BCUT2D eigenvalue weighted by Gasteiger charge is -1.93. The predicted octanol–water partition coefficient (Wildman–Crippen LogP) is 0.218. The number of carbonyl (C=O) groups excluding carboxylic acids is 1. The van der Waals surface area contributed by atoms with Gasteiger partial charge >= 0.3 is 0 Å². The molecule has 0 radical (unpaired) electrons. The van der Waals surface area contributed by atoms with Gasteiger partial charge in [0.05, 0.1) is 0 Å². The first kappa shape index (κ1) is 7.78. The van der Waals surface area contributed by atoms with E-state index in [9.17, 15) is 4.79 Å². The van der Waals surface area contributed by atoms with E-state index in [1.165, 1.54) is 0 Å². The number of hydrogen-bond donors (Lipinski definition) is 2. The highest BCUT2D eigenvalue weighted by molar-refractivity contribution is 5.73. The summed E-state index contributed by atoms with van der Waals surface area (Å²) in [5.74, 6) is 0.655. The van der Waals surface area contributed by atoms with Crippen LogP contribution < -0.4 is 5.73 Å². The van der Waals surface area contributed by atoms with Crippen LogP contribution >= 0.6 is 0 Å². The number of aromatic amines is 1. The van der Waals surface area contributed by atoms with Gasteiger partial charge in [0, 0.05) is 25.2 Å². The third-order valence-electron chi connectivity index (χ3n) is 1.39. The number of primary amides is 1. The van der Waals surface area contributed by atoms with E-state index in [1.54, 1.807) is 12.4 Å². The van der Waals surface area contributed by atoms with Gasteiger partial charge in [-0.25, -0.2) is 4.98 Å². The summed E-state index contributed by atoms with van der Waals surface area (Å²) >= 11 is 0. The molecule has 0 unspecified atom stereocenters. The van der Waals surface area contributed by atoms with Crippen molar-refractivity contribution < 1.29 is 4.79 Å². The van der Waals surface area contributed by atoms with E-state index in [0.717, 1.165) is 18.7 Å². The summed E-state index contributed by atoms with van der Waals surface area (Å²) in [5, 5.41) is 0. The maximum atomic E-state index is 10.3. The molecule has 3 N–H and O–H groups in total. The van der Waals surface area contributed by atoms with Crippen molar-refractivity contribution in [1.82, 2.24) is 9.97 Å². The molecule has 0 fully saturated rings. The number of nitrogens with two attached hydrogens (primary N) is 1. The van der Waals surface area contributed by atoms with Crippen LogP contribution in [0.2, 0.25) is 0 Å². The highest BCUT2D eigenvalue weighted by Gasteiger charge is 1.96. The van der Waals surface area contributed by atoms with E-state index < -0.39 is 0 Å². The first-order valence-corrected chi connectivity index (χ1v) is 3.55. The number of nitrogens with one attached hydrogen (secondary N) is 1. The zero-order valence-corrected chi connectivity index (χ0v) is 6.21. The standard InChI is InChI=1S/C7H11N3O/c8-6(11)2-1-3-7-9-4-5-10-7/h4-5H,1-3H2,(H2,8,11)(H,9,10). The average molecular weight is 153 g/mol. The van der Waals surface area contributed by atoms with Crippen LogP contribution in [0.5, 0.6) is 0 Å². The molecular weight excluding hydrogens is 142 g/mol. The van der Waals surface area contributed by atoms with Gasteiger partial charge in [0.15, 0.2) is 0 Å².